The van der Waals surface area contributed by atoms with Gasteiger partial charge in [-0.05, 0) is 18.9 Å². The van der Waals surface area contributed by atoms with Crippen LogP contribution in [0.5, 0.6) is 0 Å². The number of sulfonamides is 1. The summed E-state index contributed by atoms with van der Waals surface area (Å²) in [7, 11) is -3.87. The van der Waals surface area contributed by atoms with E-state index in [0.29, 0.717) is 0 Å². The number of aromatic amines is 1. The van der Waals surface area contributed by atoms with Crippen LogP contribution in [-0.2, 0) is 21.2 Å². The highest BCUT2D eigenvalue weighted by molar-refractivity contribution is 7.89. The van der Waals surface area contributed by atoms with Gasteiger partial charge in [0.1, 0.15) is 0 Å². The fourth-order valence-corrected chi connectivity index (χ4v) is 3.19. The van der Waals surface area contributed by atoms with Crippen LogP contribution in [0.15, 0.2) is 41.8 Å². The van der Waals surface area contributed by atoms with Crippen molar-refractivity contribution in [2.45, 2.75) is 31.0 Å². The summed E-state index contributed by atoms with van der Waals surface area (Å²) in [6.45, 7) is 1.94. The maximum atomic E-state index is 12.1. The first-order valence-electron chi connectivity index (χ1n) is 6.66. The number of aliphatic carboxylic acids is 1. The third kappa shape index (κ3) is 4.40. The maximum Gasteiger partial charge on any atom is 0.304 e. The van der Waals surface area contributed by atoms with E-state index in [1.54, 1.807) is 0 Å². The van der Waals surface area contributed by atoms with Crippen LogP contribution < -0.4 is 4.72 Å². The van der Waals surface area contributed by atoms with E-state index in [-0.39, 0.29) is 18.0 Å². The third-order valence-electron chi connectivity index (χ3n) is 3.07. The number of carboxylic acid groups (broad SMARTS) is 1. The number of nitrogens with one attached hydrogen (secondary N) is 2. The van der Waals surface area contributed by atoms with Gasteiger partial charge in [0.25, 0.3) is 10.0 Å². The number of hydrogen-bond donors (Lipinski definition) is 3. The molecule has 3 N–H and O–H groups in total. The minimum Gasteiger partial charge on any atom is -0.481 e. The van der Waals surface area contributed by atoms with E-state index >= 15 is 0 Å². The third-order valence-corrected chi connectivity index (χ3v) is 4.45. The second-order valence-corrected chi connectivity index (χ2v) is 6.63. The van der Waals surface area contributed by atoms with Gasteiger partial charge in [-0.2, -0.15) is 0 Å². The Morgan fingerprint density at radius 3 is 2.59 bits per heavy atom. The first-order chi connectivity index (χ1) is 10.4. The number of aryl methyl sites for hydroxylation is 1. The summed E-state index contributed by atoms with van der Waals surface area (Å²) < 4.78 is 26.7. The fourth-order valence-electron chi connectivity index (χ4n) is 2.05. The minimum absolute atomic E-state index is 0.230. The quantitative estimate of drug-likeness (QED) is 0.706. The molecule has 0 spiro atoms. The Kier molecular flexibility index (Phi) is 4.94. The van der Waals surface area contributed by atoms with Crippen molar-refractivity contribution in [2.75, 3.05) is 0 Å². The summed E-state index contributed by atoms with van der Waals surface area (Å²) >= 11 is 0. The molecule has 0 unspecified atom stereocenters. The van der Waals surface area contributed by atoms with Crippen molar-refractivity contribution in [3.63, 3.8) is 0 Å². The largest absolute Gasteiger partial charge is 0.481 e. The molecule has 1 atom stereocenters. The molecule has 1 heterocycles. The van der Waals surface area contributed by atoms with E-state index < -0.39 is 22.0 Å². The van der Waals surface area contributed by atoms with Gasteiger partial charge in [-0.3, -0.25) is 4.79 Å². The number of carbonyl (C=O) groups is 1. The first kappa shape index (κ1) is 16.2. The zero-order valence-corrected chi connectivity index (χ0v) is 12.8. The number of aromatic nitrogens is 2. The van der Waals surface area contributed by atoms with Crippen LogP contribution in [0.3, 0.4) is 0 Å². The van der Waals surface area contributed by atoms with Crippen molar-refractivity contribution in [3.8, 4) is 0 Å². The van der Waals surface area contributed by atoms with Crippen molar-refractivity contribution in [1.29, 1.82) is 0 Å². The lowest BCUT2D eigenvalue weighted by atomic mass is 10.0. The molecule has 0 aliphatic rings. The summed E-state index contributed by atoms with van der Waals surface area (Å²) in [6, 6.07) is 6.74. The Hall–Kier alpha value is -2.19. The molecule has 2 rings (SSSR count). The predicted molar refractivity (Wildman–Crippen MR) is 79.8 cm³/mol. The maximum absolute atomic E-state index is 12.1. The Bertz CT molecular complexity index is 724. The number of nitrogens with zero attached hydrogens (tertiary/aromatic N) is 1. The van der Waals surface area contributed by atoms with Crippen LogP contribution >= 0.6 is 0 Å². The van der Waals surface area contributed by atoms with Crippen LogP contribution in [0.1, 0.15) is 17.5 Å². The molecule has 7 nitrogen and oxygen atoms in total. The summed E-state index contributed by atoms with van der Waals surface area (Å²) in [5.74, 6) is -1.07. The molecule has 0 aliphatic carbocycles. The molecule has 0 saturated carbocycles. The Labute approximate surface area is 128 Å². The molecule has 8 heteroatoms. The van der Waals surface area contributed by atoms with Crippen molar-refractivity contribution < 1.29 is 18.3 Å². The molecular weight excluding hydrogens is 306 g/mol. The number of hydrogen-bond acceptors (Lipinski definition) is 4. The molecule has 0 amide bonds. The molecule has 0 aliphatic heterocycles. The van der Waals surface area contributed by atoms with Crippen molar-refractivity contribution in [2.24, 2.45) is 0 Å². The van der Waals surface area contributed by atoms with Crippen LogP contribution in [0, 0.1) is 6.92 Å². The molecule has 0 saturated heterocycles. The molecule has 1 aromatic heterocycles. The number of H-pyrrole nitrogens is 1. The Morgan fingerprint density at radius 1 is 1.36 bits per heavy atom. The number of imidazole rings is 1. The smallest absolute Gasteiger partial charge is 0.304 e. The van der Waals surface area contributed by atoms with E-state index in [0.717, 1.165) is 11.1 Å². The summed E-state index contributed by atoms with van der Waals surface area (Å²) in [4.78, 5) is 17.2. The normalized spacial score (nSPS) is 13.0. The molecule has 118 valence electrons. The van der Waals surface area contributed by atoms with Gasteiger partial charge in [-0.1, -0.05) is 29.8 Å². The topological polar surface area (TPSA) is 112 Å². The van der Waals surface area contributed by atoms with Gasteiger partial charge in [-0.25, -0.2) is 18.1 Å². The predicted octanol–water partition coefficient (Wildman–Crippen LogP) is 1.08. The van der Waals surface area contributed by atoms with Crippen molar-refractivity contribution in [1.82, 2.24) is 14.7 Å². The van der Waals surface area contributed by atoms with Crippen LogP contribution in [0.2, 0.25) is 0 Å². The Morgan fingerprint density at radius 2 is 2.05 bits per heavy atom. The van der Waals surface area contributed by atoms with E-state index in [2.05, 4.69) is 14.7 Å². The van der Waals surface area contributed by atoms with Gasteiger partial charge in [0.2, 0.25) is 5.16 Å². The van der Waals surface area contributed by atoms with Crippen LogP contribution in [0.4, 0.5) is 0 Å². The van der Waals surface area contributed by atoms with Crippen molar-refractivity contribution in [3.05, 3.63) is 47.8 Å². The highest BCUT2D eigenvalue weighted by atomic mass is 32.2. The average Bonchev–Trinajstić information content (AvgIpc) is 2.95. The van der Waals surface area contributed by atoms with Gasteiger partial charge in [-0.15, -0.1) is 0 Å². The number of carboxylic acids is 1. The second-order valence-electron chi connectivity index (χ2n) is 5.00. The van der Waals surface area contributed by atoms with Gasteiger partial charge < -0.3 is 10.1 Å². The first-order valence-corrected chi connectivity index (χ1v) is 8.14. The van der Waals surface area contributed by atoms with Gasteiger partial charge in [0.05, 0.1) is 6.42 Å². The molecule has 0 radical (unpaired) electrons. The fraction of sp³-hybridized carbons (Fsp3) is 0.286. The molecule has 1 aromatic carbocycles. The number of rotatable bonds is 7. The van der Waals surface area contributed by atoms with Gasteiger partial charge in [0.15, 0.2) is 0 Å². The molecule has 2 aromatic rings. The Balaban J connectivity index is 2.16. The zero-order valence-electron chi connectivity index (χ0n) is 12.0. The number of benzene rings is 1. The summed E-state index contributed by atoms with van der Waals surface area (Å²) in [5, 5.41) is 8.75. The molecule has 0 fully saturated rings. The highest BCUT2D eigenvalue weighted by Gasteiger charge is 2.24. The lowest BCUT2D eigenvalue weighted by Crippen LogP contribution is -2.38. The van der Waals surface area contributed by atoms with E-state index in [1.165, 1.54) is 12.4 Å². The van der Waals surface area contributed by atoms with E-state index in [9.17, 15) is 13.2 Å². The lowest BCUT2D eigenvalue weighted by Gasteiger charge is -2.16. The van der Waals surface area contributed by atoms with E-state index in [1.807, 2.05) is 31.2 Å². The molecule has 0 bridgehead atoms. The molecular formula is C14H17N3O4S. The SMILES string of the molecule is Cc1ccc(C[C@H](CC(=O)O)NS(=O)(=O)c2ncc[nH]2)cc1. The molecule has 22 heavy (non-hydrogen) atoms. The monoisotopic (exact) mass is 323 g/mol. The second kappa shape index (κ2) is 6.71. The zero-order chi connectivity index (χ0) is 16.2. The highest BCUT2D eigenvalue weighted by Crippen LogP contribution is 2.11. The summed E-state index contributed by atoms with van der Waals surface area (Å²) in [5.41, 5.74) is 1.94. The van der Waals surface area contributed by atoms with Crippen LogP contribution in [0.25, 0.3) is 0 Å². The lowest BCUT2D eigenvalue weighted by molar-refractivity contribution is -0.137. The minimum atomic E-state index is -3.87. The van der Waals surface area contributed by atoms with Crippen molar-refractivity contribution >= 4 is 16.0 Å². The average molecular weight is 323 g/mol. The van der Waals surface area contributed by atoms with Gasteiger partial charge in [0, 0.05) is 18.4 Å². The van der Waals surface area contributed by atoms with E-state index in [4.69, 9.17) is 5.11 Å². The van der Waals surface area contributed by atoms with Crippen LogP contribution in [-0.4, -0.2) is 35.5 Å². The van der Waals surface area contributed by atoms with Gasteiger partial charge >= 0.3 is 5.97 Å². The summed E-state index contributed by atoms with van der Waals surface area (Å²) in [6.07, 6.45) is 2.68. The standard InChI is InChI=1S/C14H17N3O4S/c1-10-2-4-11(5-3-10)8-12(9-13(18)19)17-22(20,21)14-15-6-7-16-14/h2-7,12,17H,8-9H2,1H3,(H,15,16)(H,18,19)/t12-/m1/s1.